The maximum Gasteiger partial charge on any atom is 0.247 e. The summed E-state index contributed by atoms with van der Waals surface area (Å²) >= 11 is 0. The van der Waals surface area contributed by atoms with E-state index in [1.807, 2.05) is 13.8 Å². The smallest absolute Gasteiger partial charge is 0.247 e. The number of hydrogen-bond donors (Lipinski definition) is 1. The third-order valence-electron chi connectivity index (χ3n) is 3.24. The standard InChI is InChI=1S/C12H19N3O2/c1-8-11(3-4-13)9(2)15(14-8)12(16)5-10-6-17-7-10/h10H,3-7,13H2,1-2H3. The van der Waals surface area contributed by atoms with Crippen LogP contribution in [0.5, 0.6) is 0 Å². The molecule has 1 aromatic rings. The van der Waals surface area contributed by atoms with Gasteiger partial charge in [-0.15, -0.1) is 0 Å². The molecule has 1 aliphatic rings. The molecule has 0 spiro atoms. The lowest BCUT2D eigenvalue weighted by Crippen LogP contribution is -2.31. The van der Waals surface area contributed by atoms with Crippen molar-refractivity contribution in [2.24, 2.45) is 11.7 Å². The van der Waals surface area contributed by atoms with Crippen LogP contribution in [-0.4, -0.2) is 35.4 Å². The van der Waals surface area contributed by atoms with E-state index in [0.29, 0.717) is 32.1 Å². The molecule has 5 nitrogen and oxygen atoms in total. The average Bonchev–Trinajstić information content (AvgIpc) is 2.51. The molecule has 0 amide bonds. The lowest BCUT2D eigenvalue weighted by molar-refractivity contribution is -0.0334. The van der Waals surface area contributed by atoms with Gasteiger partial charge >= 0.3 is 0 Å². The SMILES string of the molecule is Cc1nn(C(=O)CC2COC2)c(C)c1CCN. The van der Waals surface area contributed by atoms with E-state index in [0.717, 1.165) is 23.4 Å². The lowest BCUT2D eigenvalue weighted by Gasteiger charge is -2.25. The highest BCUT2D eigenvalue weighted by molar-refractivity contribution is 5.79. The molecule has 1 aliphatic heterocycles. The van der Waals surface area contributed by atoms with Gasteiger partial charge in [0.2, 0.25) is 5.91 Å². The molecule has 1 saturated heterocycles. The number of aromatic nitrogens is 2. The quantitative estimate of drug-likeness (QED) is 0.836. The van der Waals surface area contributed by atoms with Crippen molar-refractivity contribution < 1.29 is 9.53 Å². The van der Waals surface area contributed by atoms with Gasteiger partial charge in [-0.3, -0.25) is 4.79 Å². The Labute approximate surface area is 101 Å². The number of carbonyl (C=O) groups excluding carboxylic acids is 1. The van der Waals surface area contributed by atoms with Crippen molar-refractivity contribution >= 4 is 5.91 Å². The first-order valence-corrected chi connectivity index (χ1v) is 5.99. The summed E-state index contributed by atoms with van der Waals surface area (Å²) in [4.78, 5) is 12.1. The van der Waals surface area contributed by atoms with Gasteiger partial charge in [0.1, 0.15) is 0 Å². The molecule has 0 radical (unpaired) electrons. The molecule has 0 bridgehead atoms. The van der Waals surface area contributed by atoms with Gasteiger partial charge in [-0.1, -0.05) is 0 Å². The highest BCUT2D eigenvalue weighted by Gasteiger charge is 2.24. The predicted octanol–water partition coefficient (Wildman–Crippen LogP) is 0.678. The lowest BCUT2D eigenvalue weighted by atomic mass is 10.0. The van der Waals surface area contributed by atoms with Crippen LogP contribution >= 0.6 is 0 Å². The van der Waals surface area contributed by atoms with Crippen LogP contribution in [0, 0.1) is 19.8 Å². The van der Waals surface area contributed by atoms with E-state index in [9.17, 15) is 4.79 Å². The summed E-state index contributed by atoms with van der Waals surface area (Å²) in [6.07, 6.45) is 1.29. The minimum Gasteiger partial charge on any atom is -0.381 e. The Morgan fingerprint density at radius 2 is 2.24 bits per heavy atom. The van der Waals surface area contributed by atoms with Crippen LogP contribution in [0.25, 0.3) is 0 Å². The predicted molar refractivity (Wildman–Crippen MR) is 64.0 cm³/mol. The van der Waals surface area contributed by atoms with Crippen LogP contribution in [-0.2, 0) is 11.2 Å². The number of ether oxygens (including phenoxy) is 1. The molecule has 0 atom stereocenters. The molecular weight excluding hydrogens is 218 g/mol. The van der Waals surface area contributed by atoms with Crippen LogP contribution in [0.1, 0.15) is 28.2 Å². The zero-order valence-electron chi connectivity index (χ0n) is 10.4. The van der Waals surface area contributed by atoms with Crippen LogP contribution in [0.3, 0.4) is 0 Å². The summed E-state index contributed by atoms with van der Waals surface area (Å²) in [7, 11) is 0. The van der Waals surface area contributed by atoms with E-state index >= 15 is 0 Å². The Morgan fingerprint density at radius 1 is 1.53 bits per heavy atom. The first kappa shape index (κ1) is 12.3. The van der Waals surface area contributed by atoms with E-state index in [1.165, 1.54) is 4.68 Å². The second-order valence-corrected chi connectivity index (χ2v) is 4.60. The first-order valence-electron chi connectivity index (χ1n) is 5.99. The highest BCUT2D eigenvalue weighted by atomic mass is 16.5. The maximum atomic E-state index is 12.1. The fourth-order valence-corrected chi connectivity index (χ4v) is 2.16. The minimum absolute atomic E-state index is 0.0576. The van der Waals surface area contributed by atoms with Gasteiger partial charge in [-0.25, -0.2) is 4.68 Å². The summed E-state index contributed by atoms with van der Waals surface area (Å²) in [6, 6.07) is 0. The Hall–Kier alpha value is -1.20. The molecule has 17 heavy (non-hydrogen) atoms. The molecule has 0 unspecified atom stereocenters. The zero-order chi connectivity index (χ0) is 12.4. The maximum absolute atomic E-state index is 12.1. The fraction of sp³-hybridized carbons (Fsp3) is 0.667. The van der Waals surface area contributed by atoms with Crippen LogP contribution in [0.4, 0.5) is 0 Å². The Morgan fingerprint density at radius 3 is 2.76 bits per heavy atom. The van der Waals surface area contributed by atoms with E-state index in [1.54, 1.807) is 0 Å². The van der Waals surface area contributed by atoms with Crippen molar-refractivity contribution in [3.05, 3.63) is 17.0 Å². The Bertz CT molecular complexity index is 422. The molecule has 0 aliphatic carbocycles. The molecule has 0 saturated carbocycles. The molecular formula is C12H19N3O2. The number of nitrogens with zero attached hydrogens (tertiary/aromatic N) is 2. The third kappa shape index (κ3) is 2.40. The summed E-state index contributed by atoms with van der Waals surface area (Å²) in [5, 5.41) is 4.31. The van der Waals surface area contributed by atoms with Crippen molar-refractivity contribution in [3.8, 4) is 0 Å². The van der Waals surface area contributed by atoms with Gasteiger partial charge in [-0.2, -0.15) is 5.10 Å². The second-order valence-electron chi connectivity index (χ2n) is 4.60. The number of carbonyl (C=O) groups is 1. The topological polar surface area (TPSA) is 70.1 Å². The molecule has 2 heterocycles. The van der Waals surface area contributed by atoms with Gasteiger partial charge < -0.3 is 10.5 Å². The molecule has 2 rings (SSSR count). The molecule has 1 fully saturated rings. The van der Waals surface area contributed by atoms with Gasteiger partial charge in [0, 0.05) is 18.0 Å². The van der Waals surface area contributed by atoms with Gasteiger partial charge in [0.15, 0.2) is 0 Å². The normalized spacial score (nSPS) is 15.9. The third-order valence-corrected chi connectivity index (χ3v) is 3.24. The summed E-state index contributed by atoms with van der Waals surface area (Å²) in [5.41, 5.74) is 8.50. The largest absolute Gasteiger partial charge is 0.381 e. The average molecular weight is 237 g/mol. The summed E-state index contributed by atoms with van der Waals surface area (Å²) < 4.78 is 6.60. The summed E-state index contributed by atoms with van der Waals surface area (Å²) in [5.74, 6) is 0.423. The zero-order valence-corrected chi connectivity index (χ0v) is 10.4. The van der Waals surface area contributed by atoms with E-state index < -0.39 is 0 Å². The number of nitrogens with two attached hydrogens (primary N) is 1. The van der Waals surface area contributed by atoms with Gasteiger partial charge in [0.05, 0.1) is 18.9 Å². The fourth-order valence-electron chi connectivity index (χ4n) is 2.16. The first-order chi connectivity index (χ1) is 8.13. The Kier molecular flexibility index (Phi) is 3.59. The highest BCUT2D eigenvalue weighted by Crippen LogP contribution is 2.18. The second kappa shape index (κ2) is 4.98. The van der Waals surface area contributed by atoms with Crippen molar-refractivity contribution in [1.82, 2.24) is 9.78 Å². The molecule has 94 valence electrons. The monoisotopic (exact) mass is 237 g/mol. The van der Waals surface area contributed by atoms with Crippen molar-refractivity contribution in [2.45, 2.75) is 26.7 Å². The Balaban J connectivity index is 2.14. The van der Waals surface area contributed by atoms with Crippen molar-refractivity contribution in [2.75, 3.05) is 19.8 Å². The number of aryl methyl sites for hydroxylation is 1. The minimum atomic E-state index is 0.0576. The summed E-state index contributed by atoms with van der Waals surface area (Å²) in [6.45, 7) is 5.83. The van der Waals surface area contributed by atoms with Crippen molar-refractivity contribution in [3.63, 3.8) is 0 Å². The van der Waals surface area contributed by atoms with Gasteiger partial charge in [-0.05, 0) is 32.4 Å². The molecule has 0 aromatic carbocycles. The van der Waals surface area contributed by atoms with E-state index in [2.05, 4.69) is 5.10 Å². The van der Waals surface area contributed by atoms with Crippen molar-refractivity contribution in [1.29, 1.82) is 0 Å². The van der Waals surface area contributed by atoms with Crippen LogP contribution in [0.15, 0.2) is 0 Å². The number of hydrogen-bond acceptors (Lipinski definition) is 4. The number of rotatable bonds is 4. The van der Waals surface area contributed by atoms with Crippen LogP contribution < -0.4 is 5.73 Å². The van der Waals surface area contributed by atoms with E-state index in [4.69, 9.17) is 10.5 Å². The van der Waals surface area contributed by atoms with Crippen LogP contribution in [0.2, 0.25) is 0 Å². The molecule has 2 N–H and O–H groups in total. The van der Waals surface area contributed by atoms with E-state index in [-0.39, 0.29) is 5.91 Å². The molecule has 1 aromatic heterocycles. The van der Waals surface area contributed by atoms with Gasteiger partial charge in [0.25, 0.3) is 0 Å². The molecule has 5 heteroatoms.